The Bertz CT molecular complexity index is 575. The standard InChI is InChI=1S/C13H16N2O4S/c1-4-19-13(18)11-7(2)8(3)20-12(11)15-10(17)6-5-9(14)16/h5-6H,4H2,1-3H3,(H2,14,16)(H,15,17)/b6-5-. The molecule has 0 saturated carbocycles. The third kappa shape index (κ3) is 3.92. The molecule has 0 fully saturated rings. The number of nitrogens with one attached hydrogen (secondary N) is 1. The summed E-state index contributed by atoms with van der Waals surface area (Å²) in [5.74, 6) is -1.73. The summed E-state index contributed by atoms with van der Waals surface area (Å²) in [5.41, 5.74) is 6.01. The molecule has 1 rings (SSSR count). The van der Waals surface area contributed by atoms with Gasteiger partial charge in [0, 0.05) is 17.0 Å². The molecule has 1 aromatic heterocycles. The number of anilines is 1. The number of amides is 2. The van der Waals surface area contributed by atoms with Crippen molar-refractivity contribution in [1.29, 1.82) is 0 Å². The van der Waals surface area contributed by atoms with E-state index in [1.807, 2.05) is 6.92 Å². The number of primary amides is 1. The first-order valence-electron chi connectivity index (χ1n) is 5.92. The quantitative estimate of drug-likeness (QED) is 0.635. The number of rotatable bonds is 5. The molecule has 0 aliphatic rings. The number of carbonyl (C=O) groups excluding carboxylic acids is 3. The lowest BCUT2D eigenvalue weighted by molar-refractivity contribution is -0.115. The monoisotopic (exact) mass is 296 g/mol. The molecule has 0 radical (unpaired) electrons. The summed E-state index contributed by atoms with van der Waals surface area (Å²) in [6, 6.07) is 0. The number of nitrogens with two attached hydrogens (primary N) is 1. The maximum Gasteiger partial charge on any atom is 0.341 e. The molecule has 108 valence electrons. The summed E-state index contributed by atoms with van der Waals surface area (Å²) in [5, 5.41) is 2.95. The fourth-order valence-corrected chi connectivity index (χ4v) is 2.53. The van der Waals surface area contributed by atoms with Gasteiger partial charge in [0.1, 0.15) is 5.00 Å². The van der Waals surface area contributed by atoms with Crippen molar-refractivity contribution in [2.45, 2.75) is 20.8 Å². The topological polar surface area (TPSA) is 98.5 Å². The number of aryl methyl sites for hydroxylation is 1. The summed E-state index contributed by atoms with van der Waals surface area (Å²) in [4.78, 5) is 35.0. The molecule has 2 amide bonds. The molecular weight excluding hydrogens is 280 g/mol. The molecule has 7 heteroatoms. The van der Waals surface area contributed by atoms with Crippen molar-refractivity contribution in [1.82, 2.24) is 0 Å². The first kappa shape index (κ1) is 15.9. The summed E-state index contributed by atoms with van der Waals surface area (Å²) < 4.78 is 4.97. The Balaban J connectivity index is 3.01. The average Bonchev–Trinajstić information content (AvgIpc) is 2.62. The molecule has 0 aliphatic carbocycles. The van der Waals surface area contributed by atoms with Gasteiger partial charge in [0.15, 0.2) is 0 Å². The number of hydrogen-bond donors (Lipinski definition) is 2. The normalized spacial score (nSPS) is 10.6. The van der Waals surface area contributed by atoms with Gasteiger partial charge in [-0.3, -0.25) is 9.59 Å². The molecule has 0 unspecified atom stereocenters. The van der Waals surface area contributed by atoms with Crippen molar-refractivity contribution in [3.8, 4) is 0 Å². The molecule has 6 nitrogen and oxygen atoms in total. The van der Waals surface area contributed by atoms with E-state index in [1.54, 1.807) is 13.8 Å². The lowest BCUT2D eigenvalue weighted by Crippen LogP contribution is -2.14. The van der Waals surface area contributed by atoms with Crippen LogP contribution in [0.2, 0.25) is 0 Å². The van der Waals surface area contributed by atoms with E-state index < -0.39 is 17.8 Å². The molecule has 1 aromatic rings. The van der Waals surface area contributed by atoms with E-state index in [0.717, 1.165) is 22.6 Å². The summed E-state index contributed by atoms with van der Waals surface area (Å²) >= 11 is 1.27. The zero-order valence-corrected chi connectivity index (χ0v) is 12.3. The van der Waals surface area contributed by atoms with Crippen molar-refractivity contribution in [3.63, 3.8) is 0 Å². The highest BCUT2D eigenvalue weighted by atomic mass is 32.1. The van der Waals surface area contributed by atoms with Crippen LogP contribution in [0.3, 0.4) is 0 Å². The third-order valence-corrected chi connectivity index (χ3v) is 3.62. The van der Waals surface area contributed by atoms with Gasteiger partial charge in [-0.15, -0.1) is 11.3 Å². The number of esters is 1. The largest absolute Gasteiger partial charge is 0.462 e. The van der Waals surface area contributed by atoms with Gasteiger partial charge in [0.05, 0.1) is 12.2 Å². The minimum Gasteiger partial charge on any atom is -0.462 e. The minimum absolute atomic E-state index is 0.252. The Labute approximate surface area is 120 Å². The van der Waals surface area contributed by atoms with Gasteiger partial charge in [0.2, 0.25) is 11.8 Å². The van der Waals surface area contributed by atoms with E-state index in [2.05, 4.69) is 5.32 Å². The molecule has 0 atom stereocenters. The van der Waals surface area contributed by atoms with E-state index in [4.69, 9.17) is 10.5 Å². The van der Waals surface area contributed by atoms with Crippen LogP contribution in [0.4, 0.5) is 5.00 Å². The van der Waals surface area contributed by atoms with E-state index in [-0.39, 0.29) is 6.61 Å². The molecule has 0 spiro atoms. The van der Waals surface area contributed by atoms with Crippen LogP contribution >= 0.6 is 11.3 Å². The predicted octanol–water partition coefficient (Wildman–Crippen LogP) is 1.52. The van der Waals surface area contributed by atoms with E-state index >= 15 is 0 Å². The Hall–Kier alpha value is -2.15. The Morgan fingerprint density at radius 3 is 2.50 bits per heavy atom. The van der Waals surface area contributed by atoms with Gasteiger partial charge in [-0.1, -0.05) is 0 Å². The van der Waals surface area contributed by atoms with Crippen LogP contribution in [0.25, 0.3) is 0 Å². The number of carbonyl (C=O) groups is 3. The second-order valence-corrected chi connectivity index (χ2v) is 5.16. The molecule has 0 saturated heterocycles. The van der Waals surface area contributed by atoms with E-state index in [1.165, 1.54) is 11.3 Å². The van der Waals surface area contributed by atoms with Crippen LogP contribution < -0.4 is 11.1 Å². The first-order chi connectivity index (χ1) is 9.36. The van der Waals surface area contributed by atoms with Crippen LogP contribution in [-0.4, -0.2) is 24.4 Å². The van der Waals surface area contributed by atoms with E-state index in [9.17, 15) is 14.4 Å². The second kappa shape index (κ2) is 6.85. The van der Waals surface area contributed by atoms with Crippen LogP contribution in [0.15, 0.2) is 12.2 Å². The van der Waals surface area contributed by atoms with Crippen molar-refractivity contribution in [2.75, 3.05) is 11.9 Å². The summed E-state index contributed by atoms with van der Waals surface area (Å²) in [6.45, 7) is 5.59. The van der Waals surface area contributed by atoms with Gasteiger partial charge in [-0.25, -0.2) is 4.79 Å². The number of ether oxygens (including phenoxy) is 1. The maximum atomic E-state index is 11.9. The molecular formula is C13H16N2O4S. The number of hydrogen-bond acceptors (Lipinski definition) is 5. The van der Waals surface area contributed by atoms with E-state index in [0.29, 0.717) is 10.6 Å². The lowest BCUT2D eigenvalue weighted by atomic mass is 10.1. The zero-order valence-electron chi connectivity index (χ0n) is 11.5. The Kier molecular flexibility index (Phi) is 5.45. The van der Waals surface area contributed by atoms with Crippen molar-refractivity contribution >= 4 is 34.1 Å². The maximum absolute atomic E-state index is 11.9. The Morgan fingerprint density at radius 2 is 1.95 bits per heavy atom. The second-order valence-electron chi connectivity index (χ2n) is 3.93. The van der Waals surface area contributed by atoms with Crippen LogP contribution in [0, 0.1) is 13.8 Å². The van der Waals surface area contributed by atoms with Crippen LogP contribution in [0.1, 0.15) is 27.7 Å². The van der Waals surface area contributed by atoms with Gasteiger partial charge in [-0.05, 0) is 26.3 Å². The predicted molar refractivity (Wildman–Crippen MR) is 76.7 cm³/mol. The highest BCUT2D eigenvalue weighted by molar-refractivity contribution is 7.16. The smallest absolute Gasteiger partial charge is 0.341 e. The van der Waals surface area contributed by atoms with Crippen molar-refractivity contribution in [3.05, 3.63) is 28.2 Å². The van der Waals surface area contributed by atoms with Gasteiger partial charge < -0.3 is 15.8 Å². The summed E-state index contributed by atoms with van der Waals surface area (Å²) in [6.07, 6.45) is 1.97. The van der Waals surface area contributed by atoms with Crippen LogP contribution in [-0.2, 0) is 14.3 Å². The zero-order chi connectivity index (χ0) is 15.3. The molecule has 0 aromatic carbocycles. The third-order valence-electron chi connectivity index (χ3n) is 2.50. The SMILES string of the molecule is CCOC(=O)c1c(NC(=O)/C=C\C(N)=O)sc(C)c1C. The van der Waals surface area contributed by atoms with Crippen LogP contribution in [0.5, 0.6) is 0 Å². The van der Waals surface area contributed by atoms with Crippen molar-refractivity contribution < 1.29 is 19.1 Å². The Morgan fingerprint density at radius 1 is 1.30 bits per heavy atom. The van der Waals surface area contributed by atoms with Crippen molar-refractivity contribution in [2.24, 2.45) is 5.73 Å². The lowest BCUT2D eigenvalue weighted by Gasteiger charge is -2.05. The molecule has 20 heavy (non-hydrogen) atoms. The fourth-order valence-electron chi connectivity index (χ4n) is 1.48. The fraction of sp³-hybridized carbons (Fsp3) is 0.308. The molecule has 0 aliphatic heterocycles. The average molecular weight is 296 g/mol. The first-order valence-corrected chi connectivity index (χ1v) is 6.74. The number of thiophene rings is 1. The molecule has 3 N–H and O–H groups in total. The highest BCUT2D eigenvalue weighted by Crippen LogP contribution is 2.32. The minimum atomic E-state index is -0.718. The molecule has 0 bridgehead atoms. The van der Waals surface area contributed by atoms with Gasteiger partial charge in [0.25, 0.3) is 0 Å². The highest BCUT2D eigenvalue weighted by Gasteiger charge is 2.21. The van der Waals surface area contributed by atoms with Gasteiger partial charge in [-0.2, -0.15) is 0 Å². The van der Waals surface area contributed by atoms with Gasteiger partial charge >= 0.3 is 5.97 Å². The molecule has 1 heterocycles. The summed E-state index contributed by atoms with van der Waals surface area (Å²) in [7, 11) is 0.